The topological polar surface area (TPSA) is 39.4 Å². The Morgan fingerprint density at radius 1 is 1.00 bits per heavy atom. The zero-order valence-electron chi connectivity index (χ0n) is 11.5. The molecule has 2 heterocycles. The Labute approximate surface area is 121 Å². The first-order valence-corrected chi connectivity index (χ1v) is 6.73. The zero-order valence-corrected chi connectivity index (χ0v) is 11.5. The summed E-state index contributed by atoms with van der Waals surface area (Å²) in [4.78, 5) is 0. The Balaban J connectivity index is 2.10. The first-order valence-electron chi connectivity index (χ1n) is 6.73. The van der Waals surface area contributed by atoms with Crippen LogP contribution in [0.3, 0.4) is 0 Å². The van der Waals surface area contributed by atoms with Crippen LogP contribution in [-0.2, 0) is 0 Å². The van der Waals surface area contributed by atoms with Crippen LogP contribution in [0.15, 0.2) is 60.8 Å². The number of aromatic nitrogens is 3. The fraction of sp³-hybridized carbons (Fsp3) is 0.0588. The number of benzene rings is 2. The lowest BCUT2D eigenvalue weighted by molar-refractivity contribution is 0.415. The average Bonchev–Trinajstić information content (AvgIpc) is 3.04. The van der Waals surface area contributed by atoms with Crippen LogP contribution in [0.4, 0.5) is 0 Å². The van der Waals surface area contributed by atoms with Gasteiger partial charge in [0.05, 0.1) is 24.5 Å². The molecule has 4 aromatic rings. The molecule has 21 heavy (non-hydrogen) atoms. The third kappa shape index (κ3) is 1.84. The molecule has 2 aromatic heterocycles. The van der Waals surface area contributed by atoms with Crippen LogP contribution in [-0.4, -0.2) is 21.9 Å². The lowest BCUT2D eigenvalue weighted by Crippen LogP contribution is -1.95. The van der Waals surface area contributed by atoms with E-state index in [9.17, 15) is 0 Å². The van der Waals surface area contributed by atoms with Crippen molar-refractivity contribution in [3.63, 3.8) is 0 Å². The maximum atomic E-state index is 5.31. The van der Waals surface area contributed by atoms with Crippen LogP contribution in [0.2, 0.25) is 0 Å². The van der Waals surface area contributed by atoms with Gasteiger partial charge in [-0.15, -0.1) is 5.10 Å². The van der Waals surface area contributed by atoms with E-state index in [1.807, 2.05) is 34.8 Å². The molecule has 0 atom stereocenters. The molecule has 0 amide bonds. The first-order chi connectivity index (χ1) is 10.4. The Hall–Kier alpha value is -2.88. The van der Waals surface area contributed by atoms with Gasteiger partial charge in [0.25, 0.3) is 0 Å². The zero-order chi connectivity index (χ0) is 14.2. The third-order valence-electron chi connectivity index (χ3n) is 3.68. The molecule has 0 radical (unpaired) electrons. The maximum Gasteiger partial charge on any atom is 0.119 e. The maximum absolute atomic E-state index is 5.31. The van der Waals surface area contributed by atoms with Gasteiger partial charge in [-0.25, -0.2) is 4.52 Å². The monoisotopic (exact) mass is 275 g/mol. The Kier molecular flexibility index (Phi) is 2.60. The van der Waals surface area contributed by atoms with Crippen molar-refractivity contribution in [1.82, 2.24) is 14.8 Å². The summed E-state index contributed by atoms with van der Waals surface area (Å²) in [6.07, 6.45) is 1.79. The smallest absolute Gasteiger partial charge is 0.119 e. The molecule has 2 aromatic carbocycles. The van der Waals surface area contributed by atoms with E-state index in [0.29, 0.717) is 0 Å². The van der Waals surface area contributed by atoms with E-state index in [4.69, 9.17) is 4.74 Å². The van der Waals surface area contributed by atoms with Crippen molar-refractivity contribution >= 4 is 16.3 Å². The number of fused-ring (bicyclic) bond motifs is 3. The highest BCUT2D eigenvalue weighted by Gasteiger charge is 2.10. The van der Waals surface area contributed by atoms with Crippen LogP contribution >= 0.6 is 0 Å². The molecular formula is C17H13N3O. The lowest BCUT2D eigenvalue weighted by Gasteiger charge is -2.09. The van der Waals surface area contributed by atoms with Crippen molar-refractivity contribution in [2.45, 2.75) is 0 Å². The highest BCUT2D eigenvalue weighted by Crippen LogP contribution is 2.29. The van der Waals surface area contributed by atoms with E-state index in [2.05, 4.69) is 34.6 Å². The Bertz CT molecular complexity index is 929. The minimum absolute atomic E-state index is 0.832. The largest absolute Gasteiger partial charge is 0.497 e. The normalized spacial score (nSPS) is 11.1. The quantitative estimate of drug-likeness (QED) is 0.561. The van der Waals surface area contributed by atoms with E-state index in [0.717, 1.165) is 33.3 Å². The number of methoxy groups -OCH3 is 1. The number of pyridine rings is 1. The summed E-state index contributed by atoms with van der Waals surface area (Å²) in [5.41, 5.74) is 3.12. The van der Waals surface area contributed by atoms with Crippen molar-refractivity contribution in [1.29, 1.82) is 0 Å². The van der Waals surface area contributed by atoms with Gasteiger partial charge in [0, 0.05) is 10.9 Å². The van der Waals surface area contributed by atoms with E-state index in [1.54, 1.807) is 13.3 Å². The summed E-state index contributed by atoms with van der Waals surface area (Å²) in [6.45, 7) is 0. The minimum Gasteiger partial charge on any atom is -0.497 e. The molecule has 0 spiro atoms. The molecule has 102 valence electrons. The molecule has 0 aliphatic carbocycles. The van der Waals surface area contributed by atoms with E-state index in [1.165, 1.54) is 0 Å². The van der Waals surface area contributed by atoms with Gasteiger partial charge < -0.3 is 4.74 Å². The third-order valence-corrected chi connectivity index (χ3v) is 3.68. The second-order valence-electron chi connectivity index (χ2n) is 4.88. The molecule has 0 aliphatic heterocycles. The van der Waals surface area contributed by atoms with Gasteiger partial charge in [0.2, 0.25) is 0 Å². The molecule has 0 unspecified atom stereocenters. The van der Waals surface area contributed by atoms with Gasteiger partial charge in [-0.1, -0.05) is 41.6 Å². The van der Waals surface area contributed by atoms with Gasteiger partial charge >= 0.3 is 0 Å². The van der Waals surface area contributed by atoms with E-state index < -0.39 is 0 Å². The molecule has 0 N–H and O–H groups in total. The molecule has 4 rings (SSSR count). The average molecular weight is 275 g/mol. The van der Waals surface area contributed by atoms with Crippen molar-refractivity contribution in [2.24, 2.45) is 0 Å². The van der Waals surface area contributed by atoms with Crippen LogP contribution in [0.5, 0.6) is 5.75 Å². The number of ether oxygens (including phenoxy) is 1. The SMILES string of the molecule is COc1ccc2cc(-c3ccccc3)n3nncc3c2c1. The van der Waals surface area contributed by atoms with Crippen LogP contribution in [0.25, 0.3) is 27.5 Å². The Morgan fingerprint density at radius 3 is 2.67 bits per heavy atom. The van der Waals surface area contributed by atoms with Crippen molar-refractivity contribution in [3.05, 3.63) is 60.8 Å². The standard InChI is InChI=1S/C17H13N3O/c1-21-14-8-7-13-9-16(12-5-3-2-4-6-12)20-17(11-18-19-20)15(13)10-14/h2-11H,1H3. The summed E-state index contributed by atoms with van der Waals surface area (Å²) in [5, 5.41) is 10.5. The highest BCUT2D eigenvalue weighted by molar-refractivity contribution is 5.98. The van der Waals surface area contributed by atoms with Crippen molar-refractivity contribution in [3.8, 4) is 17.0 Å². The molecule has 0 bridgehead atoms. The fourth-order valence-electron chi connectivity index (χ4n) is 2.63. The summed E-state index contributed by atoms with van der Waals surface area (Å²) in [6, 6.07) is 18.4. The minimum atomic E-state index is 0.832. The lowest BCUT2D eigenvalue weighted by atomic mass is 10.1. The van der Waals surface area contributed by atoms with Gasteiger partial charge in [-0.2, -0.15) is 0 Å². The predicted molar refractivity (Wildman–Crippen MR) is 82.5 cm³/mol. The Morgan fingerprint density at radius 2 is 1.86 bits per heavy atom. The second-order valence-corrected chi connectivity index (χ2v) is 4.88. The van der Waals surface area contributed by atoms with Gasteiger partial charge in [0.15, 0.2) is 0 Å². The summed E-state index contributed by atoms with van der Waals surface area (Å²) in [5.74, 6) is 0.832. The predicted octanol–water partition coefficient (Wildman–Crippen LogP) is 3.56. The highest BCUT2D eigenvalue weighted by atomic mass is 16.5. The summed E-state index contributed by atoms with van der Waals surface area (Å²) < 4.78 is 7.18. The fourth-order valence-corrected chi connectivity index (χ4v) is 2.63. The number of hydrogen-bond donors (Lipinski definition) is 0. The molecule has 0 fully saturated rings. The number of nitrogens with zero attached hydrogens (tertiary/aromatic N) is 3. The van der Waals surface area contributed by atoms with Crippen LogP contribution in [0.1, 0.15) is 0 Å². The van der Waals surface area contributed by atoms with Crippen LogP contribution in [0, 0.1) is 0 Å². The molecule has 0 aliphatic rings. The first kappa shape index (κ1) is 11.9. The van der Waals surface area contributed by atoms with E-state index in [-0.39, 0.29) is 0 Å². The molecule has 0 saturated heterocycles. The second kappa shape index (κ2) is 4.59. The summed E-state index contributed by atoms with van der Waals surface area (Å²) >= 11 is 0. The molecule has 4 heteroatoms. The number of hydrogen-bond acceptors (Lipinski definition) is 3. The summed E-state index contributed by atoms with van der Waals surface area (Å²) in [7, 11) is 1.67. The van der Waals surface area contributed by atoms with Gasteiger partial charge in [-0.05, 0) is 23.6 Å². The van der Waals surface area contributed by atoms with Crippen molar-refractivity contribution in [2.75, 3.05) is 7.11 Å². The van der Waals surface area contributed by atoms with Gasteiger partial charge in [0.1, 0.15) is 5.75 Å². The van der Waals surface area contributed by atoms with E-state index >= 15 is 0 Å². The molecule has 0 saturated carbocycles. The molecule has 4 nitrogen and oxygen atoms in total. The van der Waals surface area contributed by atoms with Crippen molar-refractivity contribution < 1.29 is 4.74 Å². The van der Waals surface area contributed by atoms with Crippen LogP contribution < -0.4 is 4.74 Å². The molecular weight excluding hydrogens is 262 g/mol. The number of rotatable bonds is 2. The van der Waals surface area contributed by atoms with Gasteiger partial charge in [-0.3, -0.25) is 0 Å².